The van der Waals surface area contributed by atoms with Crippen LogP contribution in [-0.2, 0) is 9.53 Å². The quantitative estimate of drug-likeness (QED) is 0.492. The van der Waals surface area contributed by atoms with Crippen LogP contribution < -0.4 is 11.1 Å². The van der Waals surface area contributed by atoms with Crippen LogP contribution in [-0.4, -0.2) is 31.7 Å². The van der Waals surface area contributed by atoms with Gasteiger partial charge in [-0.15, -0.1) is 0 Å². The second-order valence-electron chi connectivity index (χ2n) is 2.81. The van der Waals surface area contributed by atoms with E-state index in [2.05, 4.69) is 10.1 Å². The van der Waals surface area contributed by atoms with Crippen molar-refractivity contribution in [2.75, 3.05) is 13.7 Å². The molecule has 1 aliphatic rings. The summed E-state index contributed by atoms with van der Waals surface area (Å²) in [5.74, 6) is -0.208. The van der Waals surface area contributed by atoms with Crippen molar-refractivity contribution in [3.05, 3.63) is 0 Å². The average molecular weight is 158 g/mol. The van der Waals surface area contributed by atoms with Gasteiger partial charge in [-0.05, 0) is 19.4 Å². The summed E-state index contributed by atoms with van der Waals surface area (Å²) in [6.45, 7) is 0.806. The minimum Gasteiger partial charge on any atom is -0.468 e. The van der Waals surface area contributed by atoms with E-state index in [1.807, 2.05) is 0 Å². The van der Waals surface area contributed by atoms with E-state index in [0.29, 0.717) is 6.42 Å². The molecule has 1 rings (SSSR count). The summed E-state index contributed by atoms with van der Waals surface area (Å²) in [5.41, 5.74) is 5.67. The zero-order valence-electron chi connectivity index (χ0n) is 6.67. The number of nitrogens with two attached hydrogens (primary N) is 1. The van der Waals surface area contributed by atoms with E-state index in [1.165, 1.54) is 7.11 Å². The topological polar surface area (TPSA) is 64.3 Å². The van der Waals surface area contributed by atoms with E-state index in [4.69, 9.17) is 5.73 Å². The van der Waals surface area contributed by atoms with Crippen LogP contribution in [0.1, 0.15) is 12.8 Å². The maximum absolute atomic E-state index is 11.0. The first-order valence-corrected chi connectivity index (χ1v) is 3.81. The minimum atomic E-state index is -0.208. The van der Waals surface area contributed by atoms with Crippen molar-refractivity contribution in [1.82, 2.24) is 5.32 Å². The molecular weight excluding hydrogens is 144 g/mol. The molecule has 0 amide bonds. The average Bonchev–Trinajstić information content (AvgIpc) is 2.03. The third-order valence-corrected chi connectivity index (χ3v) is 1.93. The first kappa shape index (κ1) is 8.49. The Kier molecular flexibility index (Phi) is 2.84. The molecule has 1 aliphatic heterocycles. The summed E-state index contributed by atoms with van der Waals surface area (Å²) < 4.78 is 4.58. The van der Waals surface area contributed by atoms with Crippen LogP contribution in [0.2, 0.25) is 0 Å². The number of rotatable bonds is 1. The number of nitrogens with one attached hydrogen (secondary N) is 1. The van der Waals surface area contributed by atoms with E-state index >= 15 is 0 Å². The molecule has 3 N–H and O–H groups in total. The highest BCUT2D eigenvalue weighted by molar-refractivity contribution is 5.75. The second kappa shape index (κ2) is 3.69. The highest BCUT2D eigenvalue weighted by Gasteiger charge is 2.24. The maximum atomic E-state index is 11.0. The van der Waals surface area contributed by atoms with Crippen LogP contribution in [0, 0.1) is 0 Å². The van der Waals surface area contributed by atoms with E-state index in [0.717, 1.165) is 13.0 Å². The summed E-state index contributed by atoms with van der Waals surface area (Å²) in [6.07, 6.45) is 1.63. The molecule has 0 saturated carbocycles. The first-order valence-electron chi connectivity index (χ1n) is 3.81. The van der Waals surface area contributed by atoms with Gasteiger partial charge >= 0.3 is 5.97 Å². The van der Waals surface area contributed by atoms with E-state index in [9.17, 15) is 4.79 Å². The summed E-state index contributed by atoms with van der Waals surface area (Å²) in [4.78, 5) is 11.0. The Hall–Kier alpha value is -0.610. The fourth-order valence-electron chi connectivity index (χ4n) is 1.27. The summed E-state index contributed by atoms with van der Waals surface area (Å²) >= 11 is 0. The molecule has 64 valence electrons. The lowest BCUT2D eigenvalue weighted by Gasteiger charge is -2.25. The van der Waals surface area contributed by atoms with Crippen LogP contribution in [0.5, 0.6) is 0 Å². The van der Waals surface area contributed by atoms with Crippen LogP contribution in [0.25, 0.3) is 0 Å². The van der Waals surface area contributed by atoms with Crippen LogP contribution >= 0.6 is 0 Å². The molecule has 0 aromatic heterocycles. The normalized spacial score (nSPS) is 31.5. The van der Waals surface area contributed by atoms with Crippen LogP contribution in [0.4, 0.5) is 0 Å². The number of piperidine rings is 1. The highest BCUT2D eigenvalue weighted by atomic mass is 16.5. The van der Waals surface area contributed by atoms with Gasteiger partial charge in [-0.3, -0.25) is 4.79 Å². The molecule has 2 unspecified atom stereocenters. The molecule has 11 heavy (non-hydrogen) atoms. The Labute approximate surface area is 66.1 Å². The fraction of sp³-hybridized carbons (Fsp3) is 0.857. The number of hydrogen-bond acceptors (Lipinski definition) is 4. The van der Waals surface area contributed by atoms with Crippen molar-refractivity contribution < 1.29 is 9.53 Å². The van der Waals surface area contributed by atoms with Crippen molar-refractivity contribution in [2.45, 2.75) is 24.9 Å². The standard InChI is InChI=1S/C7H14N2O2/c1-11-7(10)6-4-5(8)2-3-9-6/h5-6,9H,2-4,8H2,1H3. The van der Waals surface area contributed by atoms with Crippen molar-refractivity contribution in [1.29, 1.82) is 0 Å². The first-order chi connectivity index (χ1) is 5.24. The molecule has 4 nitrogen and oxygen atoms in total. The lowest BCUT2D eigenvalue weighted by atomic mass is 10.0. The minimum absolute atomic E-state index is 0.139. The maximum Gasteiger partial charge on any atom is 0.322 e. The smallest absolute Gasteiger partial charge is 0.322 e. The molecule has 2 atom stereocenters. The van der Waals surface area contributed by atoms with Gasteiger partial charge in [0.25, 0.3) is 0 Å². The predicted octanol–water partition coefficient (Wildman–Crippen LogP) is -0.761. The summed E-state index contributed by atoms with van der Waals surface area (Å²) in [5, 5.41) is 3.05. The summed E-state index contributed by atoms with van der Waals surface area (Å²) in [6, 6.07) is -0.0518. The molecule has 0 spiro atoms. The molecule has 1 saturated heterocycles. The van der Waals surface area contributed by atoms with Gasteiger partial charge in [-0.2, -0.15) is 0 Å². The molecule has 0 radical (unpaired) electrons. The lowest BCUT2D eigenvalue weighted by Crippen LogP contribution is -2.48. The van der Waals surface area contributed by atoms with E-state index in [-0.39, 0.29) is 18.1 Å². The number of esters is 1. The second-order valence-corrected chi connectivity index (χ2v) is 2.81. The molecule has 1 heterocycles. The molecule has 0 aromatic rings. The van der Waals surface area contributed by atoms with Gasteiger partial charge in [0.2, 0.25) is 0 Å². The molecular formula is C7H14N2O2. The van der Waals surface area contributed by atoms with Gasteiger partial charge in [0.15, 0.2) is 0 Å². The van der Waals surface area contributed by atoms with Crippen LogP contribution in [0.15, 0.2) is 0 Å². The van der Waals surface area contributed by atoms with E-state index < -0.39 is 0 Å². The fourth-order valence-corrected chi connectivity index (χ4v) is 1.27. The monoisotopic (exact) mass is 158 g/mol. The number of methoxy groups -OCH3 is 1. The van der Waals surface area contributed by atoms with Crippen LogP contribution in [0.3, 0.4) is 0 Å². The number of hydrogen-bond donors (Lipinski definition) is 2. The third-order valence-electron chi connectivity index (χ3n) is 1.93. The Bertz CT molecular complexity index is 149. The number of carbonyl (C=O) groups is 1. The van der Waals surface area contributed by atoms with Crippen molar-refractivity contribution >= 4 is 5.97 Å². The molecule has 0 bridgehead atoms. The number of ether oxygens (including phenoxy) is 1. The Morgan fingerprint density at radius 3 is 3.00 bits per heavy atom. The molecule has 4 heteroatoms. The summed E-state index contributed by atoms with van der Waals surface area (Å²) in [7, 11) is 1.39. The zero-order chi connectivity index (χ0) is 8.27. The number of carbonyl (C=O) groups excluding carboxylic acids is 1. The third kappa shape index (κ3) is 2.17. The largest absolute Gasteiger partial charge is 0.468 e. The Morgan fingerprint density at radius 1 is 1.73 bits per heavy atom. The zero-order valence-corrected chi connectivity index (χ0v) is 6.67. The van der Waals surface area contributed by atoms with Gasteiger partial charge in [0.05, 0.1) is 7.11 Å². The predicted molar refractivity (Wildman–Crippen MR) is 41.0 cm³/mol. The van der Waals surface area contributed by atoms with Gasteiger partial charge in [-0.25, -0.2) is 0 Å². The SMILES string of the molecule is COC(=O)C1CC(N)CCN1. The van der Waals surface area contributed by atoms with Gasteiger partial charge in [0.1, 0.15) is 6.04 Å². The highest BCUT2D eigenvalue weighted by Crippen LogP contribution is 2.06. The Morgan fingerprint density at radius 2 is 2.45 bits per heavy atom. The van der Waals surface area contributed by atoms with Crippen molar-refractivity contribution in [3.8, 4) is 0 Å². The molecule has 0 aromatic carbocycles. The van der Waals surface area contributed by atoms with Crippen molar-refractivity contribution in [2.24, 2.45) is 5.73 Å². The lowest BCUT2D eigenvalue weighted by molar-refractivity contribution is -0.143. The van der Waals surface area contributed by atoms with Gasteiger partial charge < -0.3 is 15.8 Å². The van der Waals surface area contributed by atoms with Gasteiger partial charge in [-0.1, -0.05) is 0 Å². The molecule has 1 fully saturated rings. The van der Waals surface area contributed by atoms with E-state index in [1.54, 1.807) is 0 Å². The molecule has 0 aliphatic carbocycles. The van der Waals surface area contributed by atoms with Gasteiger partial charge in [0, 0.05) is 6.04 Å². The Balaban J connectivity index is 2.39. The van der Waals surface area contributed by atoms with Crippen molar-refractivity contribution in [3.63, 3.8) is 0 Å².